The number of aldehydes is 1. The summed E-state index contributed by atoms with van der Waals surface area (Å²) in [5.41, 5.74) is 6.73. The maximum absolute atomic E-state index is 14.7. The standard InChI is InChI=1S/C21H20ClFN4O3S/c1-26(20(29)16(24)11-31)19-21(30)27(8-9-28)17-7-6-12(22)10-14(17)18(25-19)13-4-2-3-5-15(13)23/h2-7,9-10,16,19,31H,8,11,24H2,1H3. The number of nitrogens with zero attached hydrogens (tertiary/aromatic N) is 3. The third-order valence-corrected chi connectivity index (χ3v) is 5.49. The average Bonchev–Trinajstić information content (AvgIpc) is 2.88. The molecule has 2 aromatic carbocycles. The molecule has 10 heteroatoms. The van der Waals surface area contributed by atoms with E-state index in [4.69, 9.17) is 17.3 Å². The second-order valence-corrected chi connectivity index (χ2v) is 7.65. The molecule has 1 aliphatic heterocycles. The molecular formula is C21H20ClFN4O3S. The Kier molecular flexibility index (Phi) is 7.09. The van der Waals surface area contributed by atoms with Gasteiger partial charge in [0.25, 0.3) is 5.91 Å². The van der Waals surface area contributed by atoms with Crippen LogP contribution in [-0.4, -0.2) is 60.3 Å². The van der Waals surface area contributed by atoms with Gasteiger partial charge < -0.3 is 20.3 Å². The van der Waals surface area contributed by atoms with Crippen LogP contribution in [0.2, 0.25) is 5.02 Å². The van der Waals surface area contributed by atoms with Gasteiger partial charge in [0.05, 0.1) is 24.0 Å². The monoisotopic (exact) mass is 462 g/mol. The van der Waals surface area contributed by atoms with Crippen LogP contribution >= 0.6 is 24.2 Å². The largest absolute Gasteiger partial charge is 0.319 e. The molecule has 0 fully saturated rings. The van der Waals surface area contributed by atoms with Gasteiger partial charge >= 0.3 is 0 Å². The van der Waals surface area contributed by atoms with Crippen LogP contribution in [0.3, 0.4) is 0 Å². The van der Waals surface area contributed by atoms with Crippen molar-refractivity contribution in [1.29, 1.82) is 0 Å². The van der Waals surface area contributed by atoms with Crippen molar-refractivity contribution in [2.24, 2.45) is 10.7 Å². The van der Waals surface area contributed by atoms with Crippen LogP contribution in [0.15, 0.2) is 47.5 Å². The number of anilines is 1. The van der Waals surface area contributed by atoms with E-state index in [-0.39, 0.29) is 23.6 Å². The molecule has 2 unspecified atom stereocenters. The van der Waals surface area contributed by atoms with Gasteiger partial charge in [-0.05, 0) is 30.3 Å². The van der Waals surface area contributed by atoms with Crippen LogP contribution in [0.5, 0.6) is 0 Å². The van der Waals surface area contributed by atoms with Crippen LogP contribution < -0.4 is 10.6 Å². The predicted octanol–water partition coefficient (Wildman–Crippen LogP) is 1.90. The van der Waals surface area contributed by atoms with Crippen LogP contribution in [0.25, 0.3) is 0 Å². The molecule has 1 aliphatic rings. The molecule has 162 valence electrons. The van der Waals surface area contributed by atoms with Crippen molar-refractivity contribution in [2.75, 3.05) is 24.2 Å². The second kappa shape index (κ2) is 9.59. The first-order valence-electron chi connectivity index (χ1n) is 9.30. The van der Waals surface area contributed by atoms with Gasteiger partial charge in [0.15, 0.2) is 0 Å². The minimum absolute atomic E-state index is 0.0574. The topological polar surface area (TPSA) is 96.1 Å². The van der Waals surface area contributed by atoms with Gasteiger partial charge in [0.2, 0.25) is 12.1 Å². The molecule has 0 saturated carbocycles. The molecule has 2 aromatic rings. The summed E-state index contributed by atoms with van der Waals surface area (Å²) in [7, 11) is 1.37. The molecular weight excluding hydrogens is 443 g/mol. The number of aliphatic imine (C=N–C) groups is 1. The number of hydrogen-bond donors (Lipinski definition) is 2. The maximum atomic E-state index is 14.7. The van der Waals surface area contributed by atoms with Gasteiger partial charge in [0, 0.05) is 29.0 Å². The minimum atomic E-state index is -1.38. The number of nitrogens with two attached hydrogens (primary N) is 1. The molecule has 0 aliphatic carbocycles. The zero-order valence-electron chi connectivity index (χ0n) is 16.5. The summed E-state index contributed by atoms with van der Waals surface area (Å²) in [6.07, 6.45) is -0.818. The number of carbonyl (C=O) groups excluding carboxylic acids is 3. The minimum Gasteiger partial charge on any atom is -0.319 e. The van der Waals surface area contributed by atoms with E-state index in [1.165, 1.54) is 36.2 Å². The second-order valence-electron chi connectivity index (χ2n) is 6.85. The molecule has 2 N–H and O–H groups in total. The number of benzene rings is 2. The number of carbonyl (C=O) groups is 3. The van der Waals surface area contributed by atoms with Crippen molar-refractivity contribution in [3.8, 4) is 0 Å². The average molecular weight is 463 g/mol. The Hall–Kier alpha value is -2.75. The van der Waals surface area contributed by atoms with Gasteiger partial charge in [-0.15, -0.1) is 0 Å². The maximum Gasteiger partial charge on any atom is 0.272 e. The van der Waals surface area contributed by atoms with Crippen LogP contribution in [0.1, 0.15) is 11.1 Å². The number of rotatable bonds is 6. The van der Waals surface area contributed by atoms with E-state index in [2.05, 4.69) is 17.6 Å². The fourth-order valence-electron chi connectivity index (χ4n) is 3.28. The van der Waals surface area contributed by atoms with Crippen LogP contribution in [0, 0.1) is 5.82 Å². The summed E-state index contributed by atoms with van der Waals surface area (Å²) in [6, 6.07) is 9.61. The van der Waals surface area contributed by atoms with Gasteiger partial charge in [-0.2, -0.15) is 12.6 Å². The highest BCUT2D eigenvalue weighted by Crippen LogP contribution is 2.32. The molecule has 31 heavy (non-hydrogen) atoms. The van der Waals surface area contributed by atoms with E-state index < -0.39 is 29.8 Å². The molecule has 2 amide bonds. The number of hydrogen-bond acceptors (Lipinski definition) is 6. The van der Waals surface area contributed by atoms with Crippen molar-refractivity contribution in [2.45, 2.75) is 12.2 Å². The lowest BCUT2D eigenvalue weighted by atomic mass is 9.99. The predicted molar refractivity (Wildman–Crippen MR) is 120 cm³/mol. The molecule has 1 heterocycles. The van der Waals surface area contributed by atoms with Crippen LogP contribution in [-0.2, 0) is 14.4 Å². The smallest absolute Gasteiger partial charge is 0.272 e. The van der Waals surface area contributed by atoms with E-state index in [0.29, 0.717) is 22.6 Å². The molecule has 0 aromatic heterocycles. The first kappa shape index (κ1) is 22.9. The first-order chi connectivity index (χ1) is 14.8. The van der Waals surface area contributed by atoms with Gasteiger partial charge in [0.1, 0.15) is 12.1 Å². The molecule has 0 bridgehead atoms. The third-order valence-electron chi connectivity index (χ3n) is 4.86. The number of fused-ring (bicyclic) bond motifs is 1. The zero-order valence-corrected chi connectivity index (χ0v) is 18.2. The van der Waals surface area contributed by atoms with Crippen molar-refractivity contribution < 1.29 is 18.8 Å². The van der Waals surface area contributed by atoms with E-state index in [9.17, 15) is 18.8 Å². The van der Waals surface area contributed by atoms with E-state index in [1.54, 1.807) is 18.2 Å². The highest BCUT2D eigenvalue weighted by atomic mass is 35.5. The Balaban J connectivity index is 2.28. The first-order valence-corrected chi connectivity index (χ1v) is 10.3. The van der Waals surface area contributed by atoms with Crippen LogP contribution in [0.4, 0.5) is 10.1 Å². The SMILES string of the molecule is CN(C(=O)C(N)CS)C1N=C(c2ccccc2F)c2cc(Cl)ccc2N(CC=O)C1=O. The number of benzodiazepines with no additional fused rings is 1. The summed E-state index contributed by atoms with van der Waals surface area (Å²) in [5, 5.41) is 0.335. The lowest BCUT2D eigenvalue weighted by Gasteiger charge is -2.29. The molecule has 0 spiro atoms. The quantitative estimate of drug-likeness (QED) is 0.506. The lowest BCUT2D eigenvalue weighted by Crippen LogP contribution is -2.53. The van der Waals surface area contributed by atoms with E-state index in [0.717, 1.165) is 4.90 Å². The highest BCUT2D eigenvalue weighted by Gasteiger charge is 2.37. The van der Waals surface area contributed by atoms with E-state index >= 15 is 0 Å². The van der Waals surface area contributed by atoms with Gasteiger partial charge in [-0.25, -0.2) is 9.38 Å². The number of halogens is 2. The Morgan fingerprint density at radius 3 is 2.71 bits per heavy atom. The zero-order chi connectivity index (χ0) is 22.7. The Bertz CT molecular complexity index is 1060. The number of amides is 2. The molecule has 2 atom stereocenters. The summed E-state index contributed by atoms with van der Waals surface area (Å²) in [4.78, 5) is 44.2. The van der Waals surface area contributed by atoms with Gasteiger partial charge in [-0.3, -0.25) is 9.59 Å². The Morgan fingerprint density at radius 1 is 1.35 bits per heavy atom. The molecule has 0 saturated heterocycles. The molecule has 7 nitrogen and oxygen atoms in total. The molecule has 0 radical (unpaired) electrons. The fraction of sp³-hybridized carbons (Fsp3) is 0.238. The Labute approximate surface area is 189 Å². The lowest BCUT2D eigenvalue weighted by molar-refractivity contribution is -0.138. The Morgan fingerprint density at radius 2 is 2.06 bits per heavy atom. The summed E-state index contributed by atoms with van der Waals surface area (Å²) in [6.45, 7) is -0.287. The molecule has 3 rings (SSSR count). The third kappa shape index (κ3) is 4.48. The summed E-state index contributed by atoms with van der Waals surface area (Å²) in [5.74, 6) is -1.71. The fourth-order valence-corrected chi connectivity index (χ4v) is 3.61. The van der Waals surface area contributed by atoms with Crippen molar-refractivity contribution >= 4 is 53.7 Å². The highest BCUT2D eigenvalue weighted by molar-refractivity contribution is 7.80. The van der Waals surface area contributed by atoms with E-state index in [1.807, 2.05) is 0 Å². The number of thiol groups is 1. The van der Waals surface area contributed by atoms with Gasteiger partial charge in [-0.1, -0.05) is 23.7 Å². The summed E-state index contributed by atoms with van der Waals surface area (Å²) >= 11 is 10.2. The number of likely N-dealkylation sites (N-methyl/N-ethyl adjacent to an activating group) is 1. The van der Waals surface area contributed by atoms with Crippen molar-refractivity contribution in [1.82, 2.24) is 4.90 Å². The van der Waals surface area contributed by atoms with Crippen molar-refractivity contribution in [3.63, 3.8) is 0 Å². The normalized spacial score (nSPS) is 16.8. The summed E-state index contributed by atoms with van der Waals surface area (Å²) < 4.78 is 14.7. The van der Waals surface area contributed by atoms with Crippen molar-refractivity contribution in [3.05, 3.63) is 64.4 Å².